The predicted molar refractivity (Wildman–Crippen MR) is 99.5 cm³/mol. The van der Waals surface area contributed by atoms with Gasteiger partial charge in [0.05, 0.1) is 10.5 Å². The Morgan fingerprint density at radius 2 is 1.81 bits per heavy atom. The number of esters is 1. The summed E-state index contributed by atoms with van der Waals surface area (Å²) in [5.41, 5.74) is 6.96. The second kappa shape index (κ2) is 6.93. The van der Waals surface area contributed by atoms with E-state index in [-0.39, 0.29) is 22.2 Å². The molecule has 0 aliphatic rings. The summed E-state index contributed by atoms with van der Waals surface area (Å²) in [7, 11) is -3.99. The van der Waals surface area contributed by atoms with Gasteiger partial charge in [-0.05, 0) is 47.1 Å². The molecule has 0 amide bonds. The van der Waals surface area contributed by atoms with Gasteiger partial charge in [0.25, 0.3) is 10.0 Å². The van der Waals surface area contributed by atoms with E-state index in [1.54, 1.807) is 36.4 Å². The first-order chi connectivity index (χ1) is 12.3. The SMILES string of the molecule is Cc1ccc(S(=O)(=O)n2nc(OC(=O)c3ccccc3Br)cc2N)cc1. The van der Waals surface area contributed by atoms with Gasteiger partial charge in [0.2, 0.25) is 5.88 Å². The van der Waals surface area contributed by atoms with Crippen molar-refractivity contribution in [2.24, 2.45) is 0 Å². The van der Waals surface area contributed by atoms with Crippen LogP contribution in [0.5, 0.6) is 5.88 Å². The van der Waals surface area contributed by atoms with Crippen molar-refractivity contribution >= 4 is 37.7 Å². The van der Waals surface area contributed by atoms with Crippen molar-refractivity contribution in [3.8, 4) is 5.88 Å². The lowest BCUT2D eigenvalue weighted by atomic mass is 10.2. The molecule has 0 radical (unpaired) electrons. The lowest BCUT2D eigenvalue weighted by molar-refractivity contribution is 0.0726. The van der Waals surface area contributed by atoms with Gasteiger partial charge in [-0.25, -0.2) is 4.79 Å². The Labute approximate surface area is 158 Å². The normalized spacial score (nSPS) is 11.3. The Morgan fingerprint density at radius 1 is 1.15 bits per heavy atom. The molecule has 0 saturated carbocycles. The number of nitrogen functional groups attached to an aromatic ring is 1. The topological polar surface area (TPSA) is 104 Å². The summed E-state index contributed by atoms with van der Waals surface area (Å²) in [4.78, 5) is 12.3. The van der Waals surface area contributed by atoms with Crippen LogP contribution >= 0.6 is 15.9 Å². The molecule has 0 saturated heterocycles. The molecule has 1 aromatic heterocycles. The summed E-state index contributed by atoms with van der Waals surface area (Å²) in [5.74, 6) is -1.06. The molecule has 3 aromatic rings. The Balaban J connectivity index is 1.91. The predicted octanol–water partition coefficient (Wildman–Crippen LogP) is 2.99. The van der Waals surface area contributed by atoms with Crippen LogP contribution in [-0.4, -0.2) is 23.6 Å². The summed E-state index contributed by atoms with van der Waals surface area (Å²) in [5, 5.41) is 3.82. The van der Waals surface area contributed by atoms with Crippen LogP contribution in [0.1, 0.15) is 15.9 Å². The van der Waals surface area contributed by atoms with Crippen molar-refractivity contribution in [1.82, 2.24) is 9.19 Å². The van der Waals surface area contributed by atoms with Gasteiger partial charge in [-0.3, -0.25) is 0 Å². The maximum absolute atomic E-state index is 12.7. The molecule has 0 bridgehead atoms. The fraction of sp³-hybridized carbons (Fsp3) is 0.0588. The maximum Gasteiger partial charge on any atom is 0.346 e. The molecule has 134 valence electrons. The van der Waals surface area contributed by atoms with E-state index in [0.29, 0.717) is 8.56 Å². The highest BCUT2D eigenvalue weighted by atomic mass is 79.9. The first kappa shape index (κ1) is 18.2. The number of nitrogens with two attached hydrogens (primary N) is 1. The van der Waals surface area contributed by atoms with E-state index in [0.717, 1.165) is 5.56 Å². The van der Waals surface area contributed by atoms with Crippen LogP contribution in [0.15, 0.2) is 64.0 Å². The molecule has 0 aliphatic heterocycles. The molecule has 0 unspecified atom stereocenters. The first-order valence-electron chi connectivity index (χ1n) is 7.43. The zero-order valence-electron chi connectivity index (χ0n) is 13.6. The molecule has 2 N–H and O–H groups in total. The number of benzene rings is 2. The highest BCUT2D eigenvalue weighted by Crippen LogP contribution is 2.23. The number of halogens is 1. The van der Waals surface area contributed by atoms with Gasteiger partial charge in [-0.15, -0.1) is 9.19 Å². The van der Waals surface area contributed by atoms with E-state index in [2.05, 4.69) is 21.0 Å². The van der Waals surface area contributed by atoms with Crippen LogP contribution in [0.4, 0.5) is 5.82 Å². The summed E-state index contributed by atoms with van der Waals surface area (Å²) < 4.78 is 31.7. The van der Waals surface area contributed by atoms with Crippen LogP contribution in [0.25, 0.3) is 0 Å². The van der Waals surface area contributed by atoms with Crippen molar-refractivity contribution in [2.75, 3.05) is 5.73 Å². The van der Waals surface area contributed by atoms with Crippen LogP contribution in [-0.2, 0) is 10.0 Å². The minimum atomic E-state index is -3.99. The minimum Gasteiger partial charge on any atom is -0.402 e. The number of aromatic nitrogens is 2. The molecule has 3 rings (SSSR count). The fourth-order valence-corrected chi connectivity index (χ4v) is 3.83. The molecule has 2 aromatic carbocycles. The van der Waals surface area contributed by atoms with Crippen LogP contribution in [0.3, 0.4) is 0 Å². The number of ether oxygens (including phenoxy) is 1. The van der Waals surface area contributed by atoms with E-state index in [1.165, 1.54) is 18.2 Å². The Hall–Kier alpha value is -2.65. The van der Waals surface area contributed by atoms with Crippen molar-refractivity contribution < 1.29 is 17.9 Å². The lowest BCUT2D eigenvalue weighted by Crippen LogP contribution is -2.17. The monoisotopic (exact) mass is 435 g/mol. The lowest BCUT2D eigenvalue weighted by Gasteiger charge is -2.06. The highest BCUT2D eigenvalue weighted by molar-refractivity contribution is 9.10. The number of anilines is 1. The summed E-state index contributed by atoms with van der Waals surface area (Å²) in [6.07, 6.45) is 0. The molecule has 7 nitrogen and oxygen atoms in total. The first-order valence-corrected chi connectivity index (χ1v) is 9.67. The van der Waals surface area contributed by atoms with Gasteiger partial charge in [0, 0.05) is 10.5 Å². The van der Waals surface area contributed by atoms with Gasteiger partial charge in [0.15, 0.2) is 0 Å². The van der Waals surface area contributed by atoms with Gasteiger partial charge >= 0.3 is 5.97 Å². The van der Waals surface area contributed by atoms with Gasteiger partial charge in [-0.1, -0.05) is 29.8 Å². The molecule has 0 atom stereocenters. The van der Waals surface area contributed by atoms with E-state index in [1.807, 2.05) is 6.92 Å². The number of carbonyl (C=O) groups excluding carboxylic acids is 1. The van der Waals surface area contributed by atoms with Crippen molar-refractivity contribution in [3.63, 3.8) is 0 Å². The van der Waals surface area contributed by atoms with Crippen molar-refractivity contribution in [2.45, 2.75) is 11.8 Å². The van der Waals surface area contributed by atoms with Crippen molar-refractivity contribution in [3.05, 3.63) is 70.2 Å². The third-order valence-corrected chi connectivity index (χ3v) is 5.83. The molecule has 1 heterocycles. The molecule has 0 aliphatic carbocycles. The average Bonchev–Trinajstić information content (AvgIpc) is 2.96. The van der Waals surface area contributed by atoms with Gasteiger partial charge < -0.3 is 10.5 Å². The summed E-state index contributed by atoms with van der Waals surface area (Å²) in [6, 6.07) is 14.1. The van der Waals surface area contributed by atoms with E-state index < -0.39 is 16.0 Å². The van der Waals surface area contributed by atoms with Gasteiger partial charge in [-0.2, -0.15) is 8.42 Å². The molecule has 9 heteroatoms. The number of aryl methyl sites for hydroxylation is 1. The standard InChI is InChI=1S/C17H14BrN3O4S/c1-11-6-8-12(9-7-11)26(23,24)21-15(19)10-16(20-21)25-17(22)13-4-2-3-5-14(13)18/h2-10H,19H2,1H3. The second-order valence-corrected chi connectivity index (χ2v) is 8.06. The Bertz CT molecular complexity index is 1080. The zero-order chi connectivity index (χ0) is 18.9. The number of hydrogen-bond acceptors (Lipinski definition) is 6. The Kier molecular flexibility index (Phi) is 4.84. The number of rotatable bonds is 4. The number of nitrogens with zero attached hydrogens (tertiary/aromatic N) is 2. The quantitative estimate of drug-likeness (QED) is 0.631. The molecule has 26 heavy (non-hydrogen) atoms. The van der Waals surface area contributed by atoms with E-state index >= 15 is 0 Å². The molecular weight excluding hydrogens is 422 g/mol. The summed E-state index contributed by atoms with van der Waals surface area (Å²) in [6.45, 7) is 1.85. The largest absolute Gasteiger partial charge is 0.402 e. The summed E-state index contributed by atoms with van der Waals surface area (Å²) >= 11 is 3.25. The number of hydrogen-bond donors (Lipinski definition) is 1. The van der Waals surface area contributed by atoms with E-state index in [9.17, 15) is 13.2 Å². The Morgan fingerprint density at radius 3 is 2.46 bits per heavy atom. The van der Waals surface area contributed by atoms with E-state index in [4.69, 9.17) is 10.5 Å². The smallest absolute Gasteiger partial charge is 0.346 e. The molecule has 0 fully saturated rings. The van der Waals surface area contributed by atoms with Crippen LogP contribution in [0, 0.1) is 6.92 Å². The zero-order valence-corrected chi connectivity index (χ0v) is 16.0. The van der Waals surface area contributed by atoms with Crippen molar-refractivity contribution in [1.29, 1.82) is 0 Å². The number of carbonyl (C=O) groups is 1. The van der Waals surface area contributed by atoms with Crippen LogP contribution < -0.4 is 10.5 Å². The fourth-order valence-electron chi connectivity index (χ4n) is 2.19. The van der Waals surface area contributed by atoms with Crippen LogP contribution in [0.2, 0.25) is 0 Å². The third kappa shape index (κ3) is 3.49. The second-order valence-electron chi connectivity index (χ2n) is 5.44. The highest BCUT2D eigenvalue weighted by Gasteiger charge is 2.23. The molecule has 0 spiro atoms. The molecular formula is C17H14BrN3O4S. The third-order valence-electron chi connectivity index (χ3n) is 3.52. The minimum absolute atomic E-state index is 0.0292. The van der Waals surface area contributed by atoms with Gasteiger partial charge in [0.1, 0.15) is 5.82 Å². The maximum atomic E-state index is 12.7. The average molecular weight is 436 g/mol.